The molecule has 0 unspecified atom stereocenters. The lowest BCUT2D eigenvalue weighted by molar-refractivity contribution is 0.190. The van der Waals surface area contributed by atoms with Gasteiger partial charge < -0.3 is 4.90 Å². The van der Waals surface area contributed by atoms with Gasteiger partial charge in [-0.25, -0.2) is 13.1 Å². The zero-order valence-corrected chi connectivity index (χ0v) is 17.4. The molecule has 3 rings (SSSR count). The van der Waals surface area contributed by atoms with E-state index in [2.05, 4.69) is 25.7 Å². The van der Waals surface area contributed by atoms with Crippen LogP contribution >= 0.6 is 0 Å². The Labute approximate surface area is 176 Å². The molecule has 0 bridgehead atoms. The van der Waals surface area contributed by atoms with E-state index in [4.69, 9.17) is 10.8 Å². The van der Waals surface area contributed by atoms with Crippen molar-refractivity contribution in [1.29, 1.82) is 5.26 Å². The number of rotatable bonds is 8. The lowest BCUT2D eigenvalue weighted by Crippen LogP contribution is -2.40. The van der Waals surface area contributed by atoms with Crippen molar-refractivity contribution >= 4 is 10.0 Å². The van der Waals surface area contributed by atoms with Crippen LogP contribution in [0.25, 0.3) is 21.6 Å². The van der Waals surface area contributed by atoms with Gasteiger partial charge in [-0.05, 0) is 72.8 Å². The van der Waals surface area contributed by atoms with E-state index in [9.17, 15) is 8.42 Å². The van der Waals surface area contributed by atoms with Crippen molar-refractivity contribution in [2.45, 2.75) is 17.7 Å². The SMILES string of the molecule is N#Cc1ccc(-c2ccc(S(=O)(=O)NCCN3CCC(CN=[N+]=[N-])CC3)cc2)cc1. The van der Waals surface area contributed by atoms with Crippen molar-refractivity contribution < 1.29 is 8.42 Å². The Hall–Kier alpha value is -2.89. The molecule has 1 aliphatic heterocycles. The highest BCUT2D eigenvalue weighted by atomic mass is 32.2. The molecule has 1 heterocycles. The van der Waals surface area contributed by atoms with Crippen LogP contribution in [-0.4, -0.2) is 46.0 Å². The molecule has 2 aromatic rings. The first-order valence-electron chi connectivity index (χ1n) is 9.85. The molecule has 0 aliphatic carbocycles. The lowest BCUT2D eigenvalue weighted by atomic mass is 9.97. The second-order valence-corrected chi connectivity index (χ2v) is 9.08. The third-order valence-electron chi connectivity index (χ3n) is 5.34. The number of sulfonamides is 1. The van der Waals surface area contributed by atoms with Crippen LogP contribution in [0, 0.1) is 17.2 Å². The van der Waals surface area contributed by atoms with Gasteiger partial charge in [0, 0.05) is 24.5 Å². The predicted octanol–water partition coefficient (Wildman–Crippen LogP) is 3.53. The topological polar surface area (TPSA) is 122 Å². The molecule has 0 amide bonds. The molecule has 0 radical (unpaired) electrons. The summed E-state index contributed by atoms with van der Waals surface area (Å²) in [5.41, 5.74) is 10.8. The fourth-order valence-electron chi connectivity index (χ4n) is 3.53. The van der Waals surface area contributed by atoms with E-state index in [1.807, 2.05) is 12.1 Å². The van der Waals surface area contributed by atoms with Crippen LogP contribution in [-0.2, 0) is 10.0 Å². The third kappa shape index (κ3) is 5.81. The van der Waals surface area contributed by atoms with Crippen molar-refractivity contribution in [2.24, 2.45) is 11.0 Å². The van der Waals surface area contributed by atoms with Crippen LogP contribution in [0.4, 0.5) is 0 Å². The number of benzene rings is 2. The molecular weight excluding hydrogens is 400 g/mol. The van der Waals surface area contributed by atoms with Crippen molar-refractivity contribution in [2.75, 3.05) is 32.7 Å². The van der Waals surface area contributed by atoms with Crippen LogP contribution in [0.2, 0.25) is 0 Å². The molecule has 1 fully saturated rings. The van der Waals surface area contributed by atoms with Gasteiger partial charge >= 0.3 is 0 Å². The number of azide groups is 1. The van der Waals surface area contributed by atoms with Gasteiger partial charge in [0.15, 0.2) is 0 Å². The summed E-state index contributed by atoms with van der Waals surface area (Å²) in [7, 11) is -3.57. The predicted molar refractivity (Wildman–Crippen MR) is 115 cm³/mol. The summed E-state index contributed by atoms with van der Waals surface area (Å²) in [6, 6.07) is 16.0. The van der Waals surface area contributed by atoms with Crippen LogP contribution in [0.1, 0.15) is 18.4 Å². The first-order chi connectivity index (χ1) is 14.5. The minimum absolute atomic E-state index is 0.230. The van der Waals surface area contributed by atoms with Crippen molar-refractivity contribution in [3.63, 3.8) is 0 Å². The zero-order chi connectivity index (χ0) is 21.4. The molecule has 1 saturated heterocycles. The van der Waals surface area contributed by atoms with E-state index in [0.29, 0.717) is 31.1 Å². The molecule has 156 valence electrons. The maximum atomic E-state index is 12.6. The Bertz CT molecular complexity index is 1030. The van der Waals surface area contributed by atoms with Crippen molar-refractivity contribution in [3.8, 4) is 17.2 Å². The Morgan fingerprint density at radius 2 is 1.70 bits per heavy atom. The Morgan fingerprint density at radius 1 is 1.10 bits per heavy atom. The number of nitriles is 1. The van der Waals surface area contributed by atoms with Crippen LogP contribution in [0.15, 0.2) is 58.5 Å². The van der Waals surface area contributed by atoms with Gasteiger partial charge in [-0.2, -0.15) is 5.26 Å². The zero-order valence-electron chi connectivity index (χ0n) is 16.6. The number of hydrogen-bond donors (Lipinski definition) is 1. The average Bonchev–Trinajstić information content (AvgIpc) is 2.78. The van der Waals surface area contributed by atoms with Crippen LogP contribution < -0.4 is 4.72 Å². The van der Waals surface area contributed by atoms with Gasteiger partial charge in [-0.3, -0.25) is 0 Å². The van der Waals surface area contributed by atoms with E-state index < -0.39 is 10.0 Å². The van der Waals surface area contributed by atoms with E-state index in [1.54, 1.807) is 36.4 Å². The average molecular weight is 425 g/mol. The summed E-state index contributed by atoms with van der Waals surface area (Å²) in [6.07, 6.45) is 1.92. The summed E-state index contributed by atoms with van der Waals surface area (Å²) in [4.78, 5) is 5.26. The standard InChI is InChI=1S/C21H24N6O2S/c22-15-17-1-3-19(4-2-17)20-5-7-21(8-6-20)30(28,29)25-11-14-27-12-9-18(10-13-27)16-24-26-23/h1-8,18,25H,9-14,16H2. The number of piperidine rings is 1. The molecule has 1 aliphatic rings. The molecule has 0 aromatic heterocycles. The van der Waals surface area contributed by atoms with E-state index in [-0.39, 0.29) is 4.90 Å². The van der Waals surface area contributed by atoms with Crippen LogP contribution in [0.5, 0.6) is 0 Å². The Kier molecular flexibility index (Phi) is 7.44. The van der Waals surface area contributed by atoms with Gasteiger partial charge in [0.25, 0.3) is 0 Å². The van der Waals surface area contributed by atoms with Crippen molar-refractivity contribution in [3.05, 3.63) is 64.5 Å². The highest BCUT2D eigenvalue weighted by Crippen LogP contribution is 2.22. The fourth-order valence-corrected chi connectivity index (χ4v) is 4.55. The highest BCUT2D eigenvalue weighted by molar-refractivity contribution is 7.89. The fraction of sp³-hybridized carbons (Fsp3) is 0.381. The first kappa shape index (κ1) is 21.8. The number of hydrogen-bond acceptors (Lipinski definition) is 5. The summed E-state index contributed by atoms with van der Waals surface area (Å²) < 4.78 is 27.8. The molecular formula is C21H24N6O2S. The monoisotopic (exact) mass is 424 g/mol. The maximum Gasteiger partial charge on any atom is 0.240 e. The van der Waals surface area contributed by atoms with Gasteiger partial charge in [0.1, 0.15) is 0 Å². The summed E-state index contributed by atoms with van der Waals surface area (Å²) >= 11 is 0. The van der Waals surface area contributed by atoms with Crippen LogP contribution in [0.3, 0.4) is 0 Å². The van der Waals surface area contributed by atoms with Gasteiger partial charge in [-0.15, -0.1) is 0 Å². The Morgan fingerprint density at radius 3 is 2.27 bits per heavy atom. The first-order valence-corrected chi connectivity index (χ1v) is 11.3. The molecule has 0 spiro atoms. The third-order valence-corrected chi connectivity index (χ3v) is 6.82. The normalized spacial score (nSPS) is 15.3. The second kappa shape index (κ2) is 10.2. The molecule has 9 heteroatoms. The number of nitrogens with one attached hydrogen (secondary N) is 1. The minimum atomic E-state index is -3.57. The molecule has 1 N–H and O–H groups in total. The van der Waals surface area contributed by atoms with E-state index in [0.717, 1.165) is 37.1 Å². The van der Waals surface area contributed by atoms with E-state index in [1.165, 1.54) is 0 Å². The maximum absolute atomic E-state index is 12.6. The smallest absolute Gasteiger partial charge is 0.240 e. The lowest BCUT2D eigenvalue weighted by Gasteiger charge is -2.31. The number of likely N-dealkylation sites (tertiary alicyclic amines) is 1. The summed E-state index contributed by atoms with van der Waals surface area (Å²) in [5.74, 6) is 0.420. The van der Waals surface area contributed by atoms with Gasteiger partial charge in [0.05, 0.1) is 16.5 Å². The van der Waals surface area contributed by atoms with Gasteiger partial charge in [0.2, 0.25) is 10.0 Å². The Balaban J connectivity index is 1.51. The largest absolute Gasteiger partial charge is 0.302 e. The quantitative estimate of drug-likeness (QED) is 0.396. The van der Waals surface area contributed by atoms with Gasteiger partial charge in [-0.1, -0.05) is 29.4 Å². The summed E-state index contributed by atoms with van der Waals surface area (Å²) in [5, 5.41) is 12.5. The van der Waals surface area contributed by atoms with E-state index >= 15 is 0 Å². The van der Waals surface area contributed by atoms with Crippen molar-refractivity contribution in [1.82, 2.24) is 9.62 Å². The molecule has 2 aromatic carbocycles. The molecule has 30 heavy (non-hydrogen) atoms. The molecule has 0 atom stereocenters. The highest BCUT2D eigenvalue weighted by Gasteiger charge is 2.19. The summed E-state index contributed by atoms with van der Waals surface area (Å²) in [6.45, 7) is 3.30. The molecule has 8 nitrogen and oxygen atoms in total. The minimum Gasteiger partial charge on any atom is -0.302 e. The second-order valence-electron chi connectivity index (χ2n) is 7.31. The number of nitrogens with zero attached hydrogens (tertiary/aromatic N) is 5. The molecule has 0 saturated carbocycles.